The van der Waals surface area contributed by atoms with Crippen molar-refractivity contribution < 1.29 is 8.42 Å². The third-order valence-electron chi connectivity index (χ3n) is 3.47. The smallest absolute Gasteiger partial charge is 0.189 e. The highest BCUT2D eigenvalue weighted by molar-refractivity contribution is 7.94. The molecular weight excluding hydrogens is 334 g/mol. The lowest BCUT2D eigenvalue weighted by Gasteiger charge is -2.30. The Morgan fingerprint density at radius 2 is 1.78 bits per heavy atom. The van der Waals surface area contributed by atoms with E-state index in [2.05, 4.69) is 10.6 Å². The molecule has 5 nitrogen and oxygen atoms in total. The Bertz CT molecular complexity index is 726. The summed E-state index contributed by atoms with van der Waals surface area (Å²) in [4.78, 5) is -0.330. The highest BCUT2D eigenvalue weighted by Gasteiger charge is 2.24. The standard InChI is InChI=1S/C16H22ClN3O2S/c1-11(16(2,3)4)19-15(14(10-18)23(5,21)22)20-13-8-6-12(17)7-9-13/h6-9,11,19-20H,1-5H3/b15-14-. The molecule has 0 saturated heterocycles. The number of anilines is 1. The minimum absolute atomic E-state index is 0.0672. The van der Waals surface area contributed by atoms with E-state index in [1.54, 1.807) is 30.3 Å². The molecule has 0 heterocycles. The predicted octanol–water partition coefficient (Wildman–Crippen LogP) is 3.51. The lowest BCUT2D eigenvalue weighted by atomic mass is 9.88. The number of halogens is 1. The summed E-state index contributed by atoms with van der Waals surface area (Å²) in [5, 5.41) is 15.9. The molecule has 0 aliphatic heterocycles. The molecule has 0 saturated carbocycles. The molecule has 0 radical (unpaired) electrons. The predicted molar refractivity (Wildman–Crippen MR) is 94.6 cm³/mol. The highest BCUT2D eigenvalue weighted by Crippen LogP contribution is 2.22. The molecule has 1 unspecified atom stereocenters. The van der Waals surface area contributed by atoms with Crippen LogP contribution in [0, 0.1) is 16.7 Å². The average Bonchev–Trinajstić information content (AvgIpc) is 2.39. The highest BCUT2D eigenvalue weighted by atomic mass is 35.5. The van der Waals surface area contributed by atoms with E-state index in [-0.39, 0.29) is 22.2 Å². The number of benzene rings is 1. The van der Waals surface area contributed by atoms with Gasteiger partial charge >= 0.3 is 0 Å². The number of sulfone groups is 1. The Morgan fingerprint density at radius 1 is 1.26 bits per heavy atom. The third-order valence-corrected chi connectivity index (χ3v) is 4.76. The maximum absolute atomic E-state index is 11.9. The van der Waals surface area contributed by atoms with Crippen LogP contribution < -0.4 is 10.6 Å². The van der Waals surface area contributed by atoms with Crippen LogP contribution >= 0.6 is 11.6 Å². The van der Waals surface area contributed by atoms with E-state index < -0.39 is 9.84 Å². The van der Waals surface area contributed by atoms with Gasteiger partial charge in [0.15, 0.2) is 14.7 Å². The molecule has 0 fully saturated rings. The van der Waals surface area contributed by atoms with Crippen LogP contribution in [0.1, 0.15) is 27.7 Å². The minimum Gasteiger partial charge on any atom is -0.367 e. The summed E-state index contributed by atoms with van der Waals surface area (Å²) in [5.74, 6) is 0.166. The first-order valence-corrected chi connectivity index (χ1v) is 9.35. The van der Waals surface area contributed by atoms with Crippen molar-refractivity contribution in [1.29, 1.82) is 5.26 Å². The fraction of sp³-hybridized carbons (Fsp3) is 0.438. The van der Waals surface area contributed by atoms with E-state index in [4.69, 9.17) is 11.6 Å². The van der Waals surface area contributed by atoms with Crippen molar-refractivity contribution in [3.8, 4) is 6.07 Å². The molecular formula is C16H22ClN3O2S. The van der Waals surface area contributed by atoms with Crippen molar-refractivity contribution >= 4 is 27.1 Å². The lowest BCUT2D eigenvalue weighted by Crippen LogP contribution is -2.40. The Hall–Kier alpha value is -1.71. The fourth-order valence-electron chi connectivity index (χ4n) is 1.59. The number of hydrogen-bond donors (Lipinski definition) is 2. The van der Waals surface area contributed by atoms with Crippen LogP contribution in [-0.4, -0.2) is 20.7 Å². The van der Waals surface area contributed by atoms with E-state index in [1.807, 2.05) is 27.7 Å². The first-order valence-electron chi connectivity index (χ1n) is 7.08. The summed E-state index contributed by atoms with van der Waals surface area (Å²) in [5.41, 5.74) is 0.514. The van der Waals surface area contributed by atoms with Gasteiger partial charge in [0.2, 0.25) is 0 Å². The molecule has 0 aliphatic carbocycles. The molecule has 1 atom stereocenters. The maximum Gasteiger partial charge on any atom is 0.189 e. The van der Waals surface area contributed by atoms with E-state index in [0.29, 0.717) is 10.7 Å². The largest absolute Gasteiger partial charge is 0.367 e. The fourth-order valence-corrected chi connectivity index (χ4v) is 2.37. The first kappa shape index (κ1) is 19.3. The van der Waals surface area contributed by atoms with Gasteiger partial charge in [-0.1, -0.05) is 32.4 Å². The Morgan fingerprint density at radius 3 is 2.17 bits per heavy atom. The Kier molecular flexibility index (Phi) is 6.09. The molecule has 1 aromatic rings. The minimum atomic E-state index is -3.67. The van der Waals surface area contributed by atoms with Crippen LogP contribution in [0.2, 0.25) is 5.02 Å². The van der Waals surface area contributed by atoms with Crippen molar-refractivity contribution in [3.05, 3.63) is 40.0 Å². The molecule has 0 amide bonds. The monoisotopic (exact) mass is 355 g/mol. The van der Waals surface area contributed by atoms with Gasteiger partial charge in [-0.2, -0.15) is 5.26 Å². The van der Waals surface area contributed by atoms with Crippen molar-refractivity contribution in [2.45, 2.75) is 33.7 Å². The van der Waals surface area contributed by atoms with Crippen LogP contribution in [0.3, 0.4) is 0 Å². The zero-order valence-corrected chi connectivity index (χ0v) is 15.5. The van der Waals surface area contributed by atoms with Gasteiger partial charge in [-0.25, -0.2) is 8.42 Å². The zero-order chi connectivity index (χ0) is 17.8. The van der Waals surface area contributed by atoms with Crippen molar-refractivity contribution in [2.24, 2.45) is 5.41 Å². The molecule has 1 rings (SSSR count). The second-order valence-electron chi connectivity index (χ2n) is 6.45. The van der Waals surface area contributed by atoms with Crippen molar-refractivity contribution in [1.82, 2.24) is 5.32 Å². The molecule has 7 heteroatoms. The summed E-state index contributed by atoms with van der Waals surface area (Å²) in [6.45, 7) is 8.01. The van der Waals surface area contributed by atoms with Crippen LogP contribution in [0.4, 0.5) is 5.69 Å². The van der Waals surface area contributed by atoms with Crippen molar-refractivity contribution in [3.63, 3.8) is 0 Å². The van der Waals surface area contributed by atoms with Gasteiger partial charge in [-0.3, -0.25) is 0 Å². The molecule has 1 aromatic carbocycles. The van der Waals surface area contributed by atoms with Crippen LogP contribution in [-0.2, 0) is 9.84 Å². The SMILES string of the molecule is CC(N/C(Nc1ccc(Cl)cc1)=C(\C#N)S(C)(=O)=O)C(C)(C)C. The maximum atomic E-state index is 11.9. The molecule has 126 valence electrons. The van der Waals surface area contributed by atoms with E-state index in [9.17, 15) is 13.7 Å². The summed E-state index contributed by atoms with van der Waals surface area (Å²) in [7, 11) is -3.67. The first-order chi connectivity index (χ1) is 10.4. The van der Waals surface area contributed by atoms with Gasteiger partial charge in [0, 0.05) is 23.0 Å². The summed E-state index contributed by atoms with van der Waals surface area (Å²) in [6, 6.07) is 8.49. The molecule has 0 aliphatic rings. The summed E-state index contributed by atoms with van der Waals surface area (Å²) >= 11 is 5.85. The number of nitrogens with one attached hydrogen (secondary N) is 2. The topological polar surface area (TPSA) is 82.0 Å². The lowest BCUT2D eigenvalue weighted by molar-refractivity contribution is 0.303. The van der Waals surface area contributed by atoms with E-state index >= 15 is 0 Å². The van der Waals surface area contributed by atoms with Gasteiger partial charge in [-0.15, -0.1) is 0 Å². The number of hydrogen-bond acceptors (Lipinski definition) is 5. The number of nitriles is 1. The zero-order valence-electron chi connectivity index (χ0n) is 13.9. The average molecular weight is 356 g/mol. The van der Waals surface area contributed by atoms with Gasteiger partial charge in [-0.05, 0) is 36.6 Å². The third kappa shape index (κ3) is 5.77. The van der Waals surface area contributed by atoms with Gasteiger partial charge < -0.3 is 10.6 Å². The van der Waals surface area contributed by atoms with Gasteiger partial charge in [0.05, 0.1) is 0 Å². The van der Waals surface area contributed by atoms with Crippen LogP contribution in [0.25, 0.3) is 0 Å². The molecule has 0 aromatic heterocycles. The number of rotatable bonds is 5. The molecule has 23 heavy (non-hydrogen) atoms. The molecule has 0 bridgehead atoms. The van der Waals surface area contributed by atoms with Crippen molar-refractivity contribution in [2.75, 3.05) is 11.6 Å². The number of nitrogens with zero attached hydrogens (tertiary/aromatic N) is 1. The van der Waals surface area contributed by atoms with E-state index in [0.717, 1.165) is 6.26 Å². The Balaban J connectivity index is 3.29. The summed E-state index contributed by atoms with van der Waals surface area (Å²) in [6.07, 6.45) is 1.01. The second-order valence-corrected chi connectivity index (χ2v) is 8.84. The Labute approximate surface area is 143 Å². The van der Waals surface area contributed by atoms with Gasteiger partial charge in [0.1, 0.15) is 11.9 Å². The van der Waals surface area contributed by atoms with E-state index in [1.165, 1.54) is 0 Å². The second kappa shape index (κ2) is 7.24. The molecule has 2 N–H and O–H groups in total. The normalized spacial score (nSPS) is 14.5. The summed E-state index contributed by atoms with van der Waals surface area (Å²) < 4.78 is 23.8. The quantitative estimate of drug-likeness (QED) is 0.790. The number of allylic oxidation sites excluding steroid dienone is 1. The molecule has 0 spiro atoms. The van der Waals surface area contributed by atoms with Crippen LogP contribution in [0.15, 0.2) is 35.0 Å². The van der Waals surface area contributed by atoms with Gasteiger partial charge in [0.25, 0.3) is 0 Å². The van der Waals surface area contributed by atoms with Crippen LogP contribution in [0.5, 0.6) is 0 Å².